The monoisotopic (exact) mass is 385 g/mol. The number of benzene rings is 1. The van der Waals surface area contributed by atoms with Crippen LogP contribution in [0.15, 0.2) is 33.8 Å². The van der Waals surface area contributed by atoms with E-state index in [1.165, 1.54) is 19.3 Å². The number of ether oxygens (including phenoxy) is 1. The molecule has 7 nitrogen and oxygen atoms in total. The lowest BCUT2D eigenvalue weighted by Crippen LogP contribution is -2.15. The number of methoxy groups -OCH3 is 1. The number of hydrogen-bond acceptors (Lipinski definition) is 7. The molecule has 142 valence electrons. The molecule has 1 saturated carbocycles. The van der Waals surface area contributed by atoms with Gasteiger partial charge in [-0.3, -0.25) is 4.57 Å². The first kappa shape index (κ1) is 18.0. The Morgan fingerprint density at radius 3 is 2.67 bits per heavy atom. The molecule has 0 atom stereocenters. The zero-order valence-electron chi connectivity index (χ0n) is 15.6. The molecule has 1 fully saturated rings. The molecule has 0 amide bonds. The zero-order valence-corrected chi connectivity index (χ0v) is 16.4. The van der Waals surface area contributed by atoms with Gasteiger partial charge < -0.3 is 9.15 Å². The molecule has 0 bridgehead atoms. The summed E-state index contributed by atoms with van der Waals surface area (Å²) in [6.45, 7) is 1.80. The Bertz CT molecular complexity index is 901. The van der Waals surface area contributed by atoms with Crippen LogP contribution < -0.4 is 4.74 Å². The van der Waals surface area contributed by atoms with E-state index in [4.69, 9.17) is 9.15 Å². The largest absolute Gasteiger partial charge is 0.496 e. The number of nitrogens with zero attached hydrogens (tertiary/aromatic N) is 5. The minimum Gasteiger partial charge on any atom is -0.496 e. The summed E-state index contributed by atoms with van der Waals surface area (Å²) in [7, 11) is 1.69. The zero-order chi connectivity index (χ0) is 18.6. The van der Waals surface area contributed by atoms with Gasteiger partial charge in [-0.25, -0.2) is 0 Å². The summed E-state index contributed by atoms with van der Waals surface area (Å²) < 4.78 is 13.3. The first-order chi connectivity index (χ1) is 13.3. The molecule has 0 unspecified atom stereocenters. The van der Waals surface area contributed by atoms with Crippen LogP contribution in [0.25, 0.3) is 11.4 Å². The Morgan fingerprint density at radius 1 is 1.11 bits per heavy atom. The molecule has 0 N–H and O–H groups in total. The second-order valence-corrected chi connectivity index (χ2v) is 7.61. The molecule has 27 heavy (non-hydrogen) atoms. The number of para-hydroxylation sites is 1. The number of hydrogen-bond donors (Lipinski definition) is 0. The average molecular weight is 385 g/mol. The van der Waals surface area contributed by atoms with Gasteiger partial charge in [0.1, 0.15) is 5.75 Å². The second-order valence-electron chi connectivity index (χ2n) is 6.67. The van der Waals surface area contributed by atoms with Gasteiger partial charge in [0.05, 0.1) is 18.4 Å². The lowest BCUT2D eigenvalue weighted by molar-refractivity contribution is 0.338. The predicted molar refractivity (Wildman–Crippen MR) is 103 cm³/mol. The van der Waals surface area contributed by atoms with Gasteiger partial charge in [0.2, 0.25) is 11.8 Å². The van der Waals surface area contributed by atoms with E-state index < -0.39 is 0 Å². The minimum absolute atomic E-state index is 0.403. The van der Waals surface area contributed by atoms with E-state index in [9.17, 15) is 0 Å². The highest BCUT2D eigenvalue weighted by molar-refractivity contribution is 7.98. The van der Waals surface area contributed by atoms with Gasteiger partial charge in [0, 0.05) is 13.0 Å². The van der Waals surface area contributed by atoms with Gasteiger partial charge in [0.25, 0.3) is 0 Å². The van der Waals surface area contributed by atoms with Crippen LogP contribution in [-0.4, -0.2) is 32.1 Å². The van der Waals surface area contributed by atoms with Gasteiger partial charge in [-0.05, 0) is 25.0 Å². The summed E-state index contributed by atoms with van der Waals surface area (Å²) in [5.74, 6) is 3.44. The van der Waals surface area contributed by atoms with Crippen molar-refractivity contribution in [3.8, 4) is 17.1 Å². The Kier molecular flexibility index (Phi) is 5.42. The van der Waals surface area contributed by atoms with Crippen molar-refractivity contribution in [3.63, 3.8) is 0 Å². The third-order valence-electron chi connectivity index (χ3n) is 4.84. The molecule has 8 heteroatoms. The highest BCUT2D eigenvalue weighted by atomic mass is 32.2. The molecule has 2 heterocycles. The van der Waals surface area contributed by atoms with Crippen LogP contribution in [0.1, 0.15) is 49.9 Å². The number of rotatable bonds is 6. The maximum atomic E-state index is 5.56. The van der Waals surface area contributed by atoms with Crippen molar-refractivity contribution < 1.29 is 9.15 Å². The van der Waals surface area contributed by atoms with Crippen LogP contribution in [0.2, 0.25) is 0 Å². The summed E-state index contributed by atoms with van der Waals surface area (Å²) >= 11 is 1.59. The molecule has 2 aromatic heterocycles. The van der Waals surface area contributed by atoms with E-state index in [0.29, 0.717) is 23.6 Å². The molecule has 1 aliphatic rings. The lowest BCUT2D eigenvalue weighted by Gasteiger charge is -2.25. The van der Waals surface area contributed by atoms with Crippen LogP contribution in [0.4, 0.5) is 0 Å². The van der Waals surface area contributed by atoms with Crippen molar-refractivity contribution in [3.05, 3.63) is 36.0 Å². The van der Waals surface area contributed by atoms with Crippen LogP contribution in [-0.2, 0) is 5.75 Å². The average Bonchev–Trinajstić information content (AvgIpc) is 3.33. The molecular formula is C19H23N5O2S. The molecule has 0 spiro atoms. The van der Waals surface area contributed by atoms with Crippen LogP contribution in [0.5, 0.6) is 5.75 Å². The third kappa shape index (κ3) is 3.85. The Labute approximate surface area is 162 Å². The summed E-state index contributed by atoms with van der Waals surface area (Å²) in [6.07, 6.45) is 6.07. The van der Waals surface area contributed by atoms with Crippen molar-refractivity contribution in [1.29, 1.82) is 0 Å². The third-order valence-corrected chi connectivity index (χ3v) is 5.77. The Hall–Kier alpha value is -2.35. The van der Waals surface area contributed by atoms with E-state index in [-0.39, 0.29) is 0 Å². The van der Waals surface area contributed by atoms with E-state index in [1.54, 1.807) is 25.8 Å². The SMILES string of the molecule is COc1ccccc1-c1nnc(SCc2nnc(C)o2)n1C1CCCCC1. The van der Waals surface area contributed by atoms with Crippen molar-refractivity contribution in [2.45, 2.75) is 56.0 Å². The summed E-state index contributed by atoms with van der Waals surface area (Å²) in [6, 6.07) is 8.38. The first-order valence-electron chi connectivity index (χ1n) is 9.26. The smallest absolute Gasteiger partial charge is 0.226 e. The molecular weight excluding hydrogens is 362 g/mol. The topological polar surface area (TPSA) is 78.9 Å². The number of aromatic nitrogens is 5. The fourth-order valence-electron chi connectivity index (χ4n) is 3.58. The van der Waals surface area contributed by atoms with E-state index in [2.05, 4.69) is 25.0 Å². The van der Waals surface area contributed by atoms with Crippen molar-refractivity contribution >= 4 is 11.8 Å². The molecule has 1 aromatic carbocycles. The maximum Gasteiger partial charge on any atom is 0.226 e. The van der Waals surface area contributed by atoms with Gasteiger partial charge in [-0.2, -0.15) is 0 Å². The summed E-state index contributed by atoms with van der Waals surface area (Å²) in [5.41, 5.74) is 0.971. The number of thioether (sulfide) groups is 1. The quantitative estimate of drug-likeness (QED) is 0.580. The van der Waals surface area contributed by atoms with Crippen LogP contribution in [0.3, 0.4) is 0 Å². The van der Waals surface area contributed by atoms with Gasteiger partial charge in [-0.15, -0.1) is 20.4 Å². The predicted octanol–water partition coefficient (Wildman–Crippen LogP) is 4.44. The molecule has 4 rings (SSSR count). The highest BCUT2D eigenvalue weighted by Gasteiger charge is 2.25. The van der Waals surface area contributed by atoms with Gasteiger partial charge >= 0.3 is 0 Å². The molecule has 0 radical (unpaired) electrons. The Morgan fingerprint density at radius 2 is 1.93 bits per heavy atom. The van der Waals surface area contributed by atoms with Gasteiger partial charge in [-0.1, -0.05) is 43.2 Å². The van der Waals surface area contributed by atoms with Crippen molar-refractivity contribution in [2.24, 2.45) is 0 Å². The second kappa shape index (κ2) is 8.12. The molecule has 0 aliphatic heterocycles. The lowest BCUT2D eigenvalue weighted by atomic mass is 9.95. The fourth-order valence-corrected chi connectivity index (χ4v) is 4.42. The molecule has 3 aromatic rings. The standard InChI is InChI=1S/C19H23N5O2S/c1-13-20-21-17(26-13)12-27-19-23-22-18(15-10-6-7-11-16(15)25-2)24(19)14-8-4-3-5-9-14/h6-7,10-11,14H,3-5,8-9,12H2,1-2H3. The molecule has 0 saturated heterocycles. The first-order valence-corrected chi connectivity index (χ1v) is 10.2. The highest BCUT2D eigenvalue weighted by Crippen LogP contribution is 2.38. The number of aryl methyl sites for hydroxylation is 1. The van der Waals surface area contributed by atoms with Crippen molar-refractivity contribution in [2.75, 3.05) is 7.11 Å². The van der Waals surface area contributed by atoms with Gasteiger partial charge in [0.15, 0.2) is 11.0 Å². The summed E-state index contributed by atoms with van der Waals surface area (Å²) in [5, 5.41) is 17.9. The fraction of sp³-hybridized carbons (Fsp3) is 0.474. The minimum atomic E-state index is 0.403. The van der Waals surface area contributed by atoms with Crippen LogP contribution >= 0.6 is 11.8 Å². The van der Waals surface area contributed by atoms with Crippen LogP contribution in [0, 0.1) is 6.92 Å². The van der Waals surface area contributed by atoms with E-state index in [1.807, 2.05) is 24.3 Å². The van der Waals surface area contributed by atoms with E-state index >= 15 is 0 Å². The Balaban J connectivity index is 1.69. The van der Waals surface area contributed by atoms with Crippen molar-refractivity contribution in [1.82, 2.24) is 25.0 Å². The molecule has 1 aliphatic carbocycles. The maximum absolute atomic E-state index is 5.56. The normalized spacial score (nSPS) is 15.2. The van der Waals surface area contributed by atoms with E-state index in [0.717, 1.165) is 35.1 Å². The summed E-state index contributed by atoms with van der Waals surface area (Å²) in [4.78, 5) is 0.